The fourth-order valence-corrected chi connectivity index (χ4v) is 3.46. The summed E-state index contributed by atoms with van der Waals surface area (Å²) < 4.78 is 20.7. The van der Waals surface area contributed by atoms with E-state index >= 15 is 0 Å². The van der Waals surface area contributed by atoms with E-state index < -0.39 is 0 Å². The molecular weight excluding hydrogens is 472 g/mol. The van der Waals surface area contributed by atoms with Crippen LogP contribution in [0.4, 0.5) is 4.39 Å². The zero-order valence-corrected chi connectivity index (χ0v) is 19.0. The average Bonchev–Trinajstić information content (AvgIpc) is 3.30. The molecule has 1 aromatic heterocycles. The number of rotatable bonds is 6. The van der Waals surface area contributed by atoms with Crippen LogP contribution < -0.4 is 5.32 Å². The maximum atomic E-state index is 13.8. The van der Waals surface area contributed by atoms with Crippen LogP contribution in [-0.2, 0) is 24.9 Å². The van der Waals surface area contributed by atoms with Crippen molar-refractivity contribution in [2.45, 2.75) is 32.4 Å². The Bertz CT molecular complexity index is 795. The van der Waals surface area contributed by atoms with Crippen LogP contribution >= 0.6 is 24.0 Å². The Morgan fingerprint density at radius 1 is 1.43 bits per heavy atom. The highest BCUT2D eigenvalue weighted by molar-refractivity contribution is 14.0. The summed E-state index contributed by atoms with van der Waals surface area (Å²) in [6.45, 7) is 5.54. The van der Waals surface area contributed by atoms with Crippen LogP contribution in [0.1, 0.15) is 36.0 Å². The summed E-state index contributed by atoms with van der Waals surface area (Å²) in [7, 11) is 3.52. The minimum absolute atomic E-state index is 0. The molecule has 2 aromatic rings. The number of guanidine groups is 1. The second-order valence-electron chi connectivity index (χ2n) is 6.91. The van der Waals surface area contributed by atoms with Crippen molar-refractivity contribution < 1.29 is 9.13 Å². The molecule has 0 amide bonds. The number of nitrogens with one attached hydrogen (secondary N) is 1. The lowest BCUT2D eigenvalue weighted by atomic mass is 10.0. The molecule has 28 heavy (non-hydrogen) atoms. The number of ether oxygens (including phenoxy) is 1. The van der Waals surface area contributed by atoms with Gasteiger partial charge in [-0.25, -0.2) is 9.38 Å². The van der Waals surface area contributed by atoms with E-state index in [1.807, 2.05) is 24.0 Å². The molecule has 0 radical (unpaired) electrons. The van der Waals surface area contributed by atoms with Gasteiger partial charge in [-0.05, 0) is 36.6 Å². The molecule has 2 heterocycles. The van der Waals surface area contributed by atoms with Crippen molar-refractivity contribution in [1.29, 1.82) is 0 Å². The number of likely N-dealkylation sites (tertiary alicyclic amines) is 1. The van der Waals surface area contributed by atoms with Crippen molar-refractivity contribution in [2.75, 3.05) is 26.7 Å². The normalized spacial score (nSPS) is 16.9. The van der Waals surface area contributed by atoms with Gasteiger partial charge in [0.15, 0.2) is 5.96 Å². The van der Waals surface area contributed by atoms with Gasteiger partial charge in [0.1, 0.15) is 5.82 Å². The molecule has 1 fully saturated rings. The standard InChI is InChI=1S/C20H28FN5O.HI/c1-4-22-20(23-10-15-5-6-19(21)17(9-15)14-27-3)26-8-7-16(13-26)18-11-24-25(2)12-18;/h5-6,9,11-12,16H,4,7-8,10,13-14H2,1-3H3,(H,22,23);1H. The van der Waals surface area contributed by atoms with E-state index in [4.69, 9.17) is 9.73 Å². The van der Waals surface area contributed by atoms with E-state index in [9.17, 15) is 4.39 Å². The summed E-state index contributed by atoms with van der Waals surface area (Å²) in [5, 5.41) is 7.66. The molecule has 6 nitrogen and oxygen atoms in total. The van der Waals surface area contributed by atoms with Gasteiger partial charge >= 0.3 is 0 Å². The van der Waals surface area contributed by atoms with E-state index in [-0.39, 0.29) is 36.4 Å². The lowest BCUT2D eigenvalue weighted by molar-refractivity contribution is 0.181. The maximum Gasteiger partial charge on any atom is 0.194 e. The molecule has 1 aromatic carbocycles. The third-order valence-electron chi connectivity index (χ3n) is 4.84. The molecule has 1 unspecified atom stereocenters. The molecule has 3 rings (SSSR count). The van der Waals surface area contributed by atoms with Crippen LogP contribution in [-0.4, -0.2) is 47.4 Å². The third kappa shape index (κ3) is 5.66. The highest BCUT2D eigenvalue weighted by Crippen LogP contribution is 2.26. The molecule has 0 aliphatic carbocycles. The first-order chi connectivity index (χ1) is 13.1. The number of hydrogen-bond donors (Lipinski definition) is 1. The van der Waals surface area contributed by atoms with Crippen LogP contribution in [0.25, 0.3) is 0 Å². The van der Waals surface area contributed by atoms with Gasteiger partial charge in [0, 0.05) is 51.5 Å². The molecule has 1 atom stereocenters. The Hall–Kier alpha value is -1.68. The van der Waals surface area contributed by atoms with Gasteiger partial charge in [-0.2, -0.15) is 5.10 Å². The van der Waals surface area contributed by atoms with Gasteiger partial charge in [-0.3, -0.25) is 4.68 Å². The molecule has 8 heteroatoms. The molecular formula is C20H29FIN5O. The molecule has 1 saturated heterocycles. The molecule has 1 aliphatic rings. The zero-order chi connectivity index (χ0) is 19.2. The summed E-state index contributed by atoms with van der Waals surface area (Å²) in [4.78, 5) is 7.07. The number of nitrogens with zero attached hydrogens (tertiary/aromatic N) is 4. The second-order valence-corrected chi connectivity index (χ2v) is 6.91. The van der Waals surface area contributed by atoms with Crippen molar-refractivity contribution in [2.24, 2.45) is 12.0 Å². The first kappa shape index (κ1) is 22.6. The topological polar surface area (TPSA) is 54.7 Å². The first-order valence-corrected chi connectivity index (χ1v) is 9.38. The predicted octanol–water partition coefficient (Wildman–Crippen LogP) is 3.28. The summed E-state index contributed by atoms with van der Waals surface area (Å²) in [6.07, 6.45) is 5.13. The summed E-state index contributed by atoms with van der Waals surface area (Å²) >= 11 is 0. The van der Waals surface area contributed by atoms with E-state index in [1.54, 1.807) is 13.2 Å². The summed E-state index contributed by atoms with van der Waals surface area (Å²) in [5.41, 5.74) is 2.81. The monoisotopic (exact) mass is 501 g/mol. The lowest BCUT2D eigenvalue weighted by Gasteiger charge is -2.21. The first-order valence-electron chi connectivity index (χ1n) is 9.38. The zero-order valence-electron chi connectivity index (χ0n) is 16.7. The lowest BCUT2D eigenvalue weighted by Crippen LogP contribution is -2.40. The van der Waals surface area contributed by atoms with Crippen LogP contribution in [0.5, 0.6) is 0 Å². The number of aliphatic imine (C=N–C) groups is 1. The van der Waals surface area contributed by atoms with Crippen molar-refractivity contribution in [3.8, 4) is 0 Å². The van der Waals surface area contributed by atoms with Crippen LogP contribution in [0, 0.1) is 5.82 Å². The predicted molar refractivity (Wildman–Crippen MR) is 119 cm³/mol. The largest absolute Gasteiger partial charge is 0.380 e. The fourth-order valence-electron chi connectivity index (χ4n) is 3.46. The van der Waals surface area contributed by atoms with E-state index in [1.165, 1.54) is 11.6 Å². The highest BCUT2D eigenvalue weighted by Gasteiger charge is 2.26. The summed E-state index contributed by atoms with van der Waals surface area (Å²) in [6, 6.07) is 5.10. The van der Waals surface area contributed by atoms with Crippen molar-refractivity contribution in [3.05, 3.63) is 53.1 Å². The van der Waals surface area contributed by atoms with Gasteiger partial charge in [0.05, 0.1) is 19.3 Å². The molecule has 154 valence electrons. The summed E-state index contributed by atoms with van der Waals surface area (Å²) in [5.74, 6) is 1.14. The van der Waals surface area contributed by atoms with Gasteiger partial charge in [-0.15, -0.1) is 24.0 Å². The molecule has 0 saturated carbocycles. The fraction of sp³-hybridized carbons (Fsp3) is 0.500. The van der Waals surface area contributed by atoms with Crippen molar-refractivity contribution in [1.82, 2.24) is 20.0 Å². The van der Waals surface area contributed by atoms with Crippen molar-refractivity contribution in [3.63, 3.8) is 0 Å². The number of aryl methyl sites for hydroxylation is 1. The number of aromatic nitrogens is 2. The number of methoxy groups -OCH3 is 1. The van der Waals surface area contributed by atoms with Gasteiger partial charge < -0.3 is 15.0 Å². The highest BCUT2D eigenvalue weighted by atomic mass is 127. The van der Waals surface area contributed by atoms with Gasteiger partial charge in [0.25, 0.3) is 0 Å². The Kier molecular flexibility index (Phi) is 8.68. The molecule has 0 spiro atoms. The van der Waals surface area contributed by atoms with E-state index in [0.717, 1.165) is 37.6 Å². The van der Waals surface area contributed by atoms with Crippen molar-refractivity contribution >= 4 is 29.9 Å². The molecule has 0 bridgehead atoms. The Morgan fingerprint density at radius 2 is 2.25 bits per heavy atom. The van der Waals surface area contributed by atoms with Gasteiger partial charge in [0.2, 0.25) is 0 Å². The van der Waals surface area contributed by atoms with Crippen LogP contribution in [0.3, 0.4) is 0 Å². The van der Waals surface area contributed by atoms with Crippen LogP contribution in [0.2, 0.25) is 0 Å². The second kappa shape index (κ2) is 10.8. The Balaban J connectivity index is 0.00000280. The maximum absolute atomic E-state index is 13.8. The minimum atomic E-state index is -0.240. The number of halogens is 2. The Morgan fingerprint density at radius 3 is 2.93 bits per heavy atom. The average molecular weight is 501 g/mol. The van der Waals surface area contributed by atoms with Crippen LogP contribution in [0.15, 0.2) is 35.6 Å². The van der Waals surface area contributed by atoms with Gasteiger partial charge in [-0.1, -0.05) is 6.07 Å². The molecule has 1 N–H and O–H groups in total. The minimum Gasteiger partial charge on any atom is -0.380 e. The molecule has 1 aliphatic heterocycles. The SMILES string of the molecule is CCNC(=NCc1ccc(F)c(COC)c1)N1CCC(c2cnn(C)c2)C1.I. The number of hydrogen-bond acceptors (Lipinski definition) is 3. The van der Waals surface area contributed by atoms with E-state index in [0.29, 0.717) is 18.0 Å². The quantitative estimate of drug-likeness (QED) is 0.375. The smallest absolute Gasteiger partial charge is 0.194 e. The number of benzene rings is 1. The Labute approximate surface area is 183 Å². The third-order valence-corrected chi connectivity index (χ3v) is 4.84. The van der Waals surface area contributed by atoms with E-state index in [2.05, 4.69) is 28.4 Å².